The molecule has 1 unspecified atom stereocenters. The molecule has 4 rings (SSSR count). The van der Waals surface area contributed by atoms with Gasteiger partial charge in [-0.3, -0.25) is 0 Å². The standard InChI is InChI=1S/C23H21F2N3O2S/c1-14-5-3-7-17(11-14)15(2)21-19(25)9-10-20-22(21)27-23(28-31(20,29)30)26-13-16-6-4-8-18(24)12-16/h3-12,15H,13H2,1-2H3,(H2,26,27,28). The number of rotatable bonds is 4. The molecule has 0 fully saturated rings. The van der Waals surface area contributed by atoms with E-state index in [0.29, 0.717) is 5.56 Å². The molecule has 0 radical (unpaired) electrons. The molecule has 0 amide bonds. The molecule has 1 aliphatic rings. The van der Waals surface area contributed by atoms with Crippen LogP contribution in [0.4, 0.5) is 14.5 Å². The number of benzene rings is 3. The average molecular weight is 442 g/mol. The number of sulfonamides is 1. The van der Waals surface area contributed by atoms with Gasteiger partial charge in [-0.15, -0.1) is 0 Å². The molecule has 160 valence electrons. The van der Waals surface area contributed by atoms with Crippen molar-refractivity contribution in [2.75, 3.05) is 5.32 Å². The van der Waals surface area contributed by atoms with Gasteiger partial charge in [-0.25, -0.2) is 26.9 Å². The number of fused-ring (bicyclic) bond motifs is 1. The van der Waals surface area contributed by atoms with Gasteiger partial charge < -0.3 is 5.32 Å². The van der Waals surface area contributed by atoms with Crippen molar-refractivity contribution >= 4 is 21.7 Å². The van der Waals surface area contributed by atoms with E-state index in [-0.39, 0.29) is 28.7 Å². The fourth-order valence-corrected chi connectivity index (χ4v) is 4.82. The lowest BCUT2D eigenvalue weighted by Crippen LogP contribution is -2.41. The molecule has 3 aromatic carbocycles. The van der Waals surface area contributed by atoms with E-state index in [9.17, 15) is 17.2 Å². The van der Waals surface area contributed by atoms with Crippen molar-refractivity contribution in [3.05, 3.63) is 94.6 Å². The highest BCUT2D eigenvalue weighted by atomic mass is 32.2. The van der Waals surface area contributed by atoms with Crippen LogP contribution in [0.3, 0.4) is 0 Å². The van der Waals surface area contributed by atoms with Crippen molar-refractivity contribution in [1.82, 2.24) is 4.72 Å². The first-order valence-corrected chi connectivity index (χ1v) is 11.2. The monoisotopic (exact) mass is 441 g/mol. The first-order valence-electron chi connectivity index (χ1n) is 9.72. The number of nitrogens with zero attached hydrogens (tertiary/aromatic N) is 1. The molecule has 0 bridgehead atoms. The van der Waals surface area contributed by atoms with Crippen LogP contribution in [0.25, 0.3) is 0 Å². The molecule has 1 aliphatic heterocycles. The molecule has 2 N–H and O–H groups in total. The first-order chi connectivity index (χ1) is 14.7. The van der Waals surface area contributed by atoms with E-state index in [1.807, 2.05) is 38.1 Å². The second-order valence-electron chi connectivity index (χ2n) is 7.50. The maximum Gasteiger partial charge on any atom is 0.266 e. The lowest BCUT2D eigenvalue weighted by atomic mass is 9.90. The van der Waals surface area contributed by atoms with E-state index in [1.165, 1.54) is 18.2 Å². The fourth-order valence-electron chi connectivity index (χ4n) is 3.66. The average Bonchev–Trinajstić information content (AvgIpc) is 2.71. The number of halogens is 2. The highest BCUT2D eigenvalue weighted by Crippen LogP contribution is 2.38. The van der Waals surface area contributed by atoms with Gasteiger partial charge in [0.1, 0.15) is 16.5 Å². The van der Waals surface area contributed by atoms with Gasteiger partial charge in [-0.1, -0.05) is 48.9 Å². The topological polar surface area (TPSA) is 70.6 Å². The largest absolute Gasteiger partial charge is 0.324 e. The zero-order chi connectivity index (χ0) is 22.2. The molecular formula is C23H21F2N3O2S. The maximum atomic E-state index is 15.0. The van der Waals surface area contributed by atoms with Gasteiger partial charge in [0.15, 0.2) is 0 Å². The van der Waals surface area contributed by atoms with Crippen LogP contribution in [0, 0.1) is 18.6 Å². The van der Waals surface area contributed by atoms with Gasteiger partial charge in [0.25, 0.3) is 10.0 Å². The molecule has 3 aromatic rings. The highest BCUT2D eigenvalue weighted by Gasteiger charge is 2.32. The van der Waals surface area contributed by atoms with Crippen LogP contribution in [0.5, 0.6) is 0 Å². The van der Waals surface area contributed by atoms with E-state index in [0.717, 1.165) is 17.2 Å². The Bertz CT molecular complexity index is 1290. The Balaban J connectivity index is 1.76. The predicted octanol–water partition coefficient (Wildman–Crippen LogP) is 4.69. The zero-order valence-corrected chi connectivity index (χ0v) is 17.8. The molecular weight excluding hydrogens is 420 g/mol. The maximum absolute atomic E-state index is 15.0. The minimum Gasteiger partial charge on any atom is -0.324 e. The number of guanidine groups is 1. The summed E-state index contributed by atoms with van der Waals surface area (Å²) in [5.41, 5.74) is 2.86. The number of hydrogen-bond acceptors (Lipinski definition) is 3. The van der Waals surface area contributed by atoms with Crippen molar-refractivity contribution in [2.24, 2.45) is 4.99 Å². The van der Waals surface area contributed by atoms with Gasteiger partial charge in [0, 0.05) is 11.5 Å². The van der Waals surface area contributed by atoms with Crippen LogP contribution in [0.2, 0.25) is 0 Å². The summed E-state index contributed by atoms with van der Waals surface area (Å²) in [5.74, 6) is -1.36. The van der Waals surface area contributed by atoms with Crippen LogP contribution < -0.4 is 10.0 Å². The molecule has 0 aliphatic carbocycles. The van der Waals surface area contributed by atoms with Crippen LogP contribution in [0.1, 0.15) is 35.1 Å². The van der Waals surface area contributed by atoms with Gasteiger partial charge in [0.2, 0.25) is 5.96 Å². The number of hydrogen-bond donors (Lipinski definition) is 2. The Labute approximate surface area is 179 Å². The summed E-state index contributed by atoms with van der Waals surface area (Å²) in [7, 11) is -3.95. The molecule has 1 atom stereocenters. The second-order valence-corrected chi connectivity index (χ2v) is 9.15. The number of nitrogens with one attached hydrogen (secondary N) is 2. The highest BCUT2D eigenvalue weighted by molar-refractivity contribution is 7.90. The van der Waals surface area contributed by atoms with Crippen molar-refractivity contribution in [2.45, 2.75) is 31.2 Å². The molecule has 0 saturated heterocycles. The normalized spacial score (nSPS) is 16.8. The van der Waals surface area contributed by atoms with E-state index in [1.54, 1.807) is 12.1 Å². The molecule has 0 aromatic heterocycles. The summed E-state index contributed by atoms with van der Waals surface area (Å²) in [6.07, 6.45) is 0. The van der Waals surface area contributed by atoms with Crippen LogP contribution in [-0.4, -0.2) is 14.4 Å². The number of aliphatic imine (C=N–C) groups is 1. The molecule has 8 heteroatoms. The van der Waals surface area contributed by atoms with Gasteiger partial charge in [-0.05, 0) is 42.3 Å². The SMILES string of the molecule is Cc1cccc(C(C)c2c(F)ccc3c2NC(=NCc2cccc(F)c2)NS3(=O)=O)c1. The van der Waals surface area contributed by atoms with Crippen molar-refractivity contribution in [3.8, 4) is 0 Å². The van der Waals surface area contributed by atoms with E-state index in [4.69, 9.17) is 0 Å². The molecule has 0 saturated carbocycles. The summed E-state index contributed by atoms with van der Waals surface area (Å²) in [6, 6.07) is 15.9. The second kappa shape index (κ2) is 8.11. The summed E-state index contributed by atoms with van der Waals surface area (Å²) >= 11 is 0. The third-order valence-corrected chi connectivity index (χ3v) is 6.58. The number of aryl methyl sites for hydroxylation is 1. The summed E-state index contributed by atoms with van der Waals surface area (Å²) in [6.45, 7) is 3.82. The van der Waals surface area contributed by atoms with Gasteiger partial charge in [0.05, 0.1) is 12.2 Å². The van der Waals surface area contributed by atoms with E-state index in [2.05, 4.69) is 15.0 Å². The van der Waals surface area contributed by atoms with E-state index >= 15 is 0 Å². The Morgan fingerprint density at radius 2 is 1.81 bits per heavy atom. The zero-order valence-electron chi connectivity index (χ0n) is 17.0. The van der Waals surface area contributed by atoms with E-state index < -0.39 is 27.6 Å². The summed E-state index contributed by atoms with van der Waals surface area (Å²) in [4.78, 5) is 4.18. The van der Waals surface area contributed by atoms with Crippen LogP contribution >= 0.6 is 0 Å². The Morgan fingerprint density at radius 3 is 2.55 bits per heavy atom. The molecule has 1 heterocycles. The van der Waals surface area contributed by atoms with Crippen LogP contribution in [0.15, 0.2) is 70.6 Å². The van der Waals surface area contributed by atoms with Crippen LogP contribution in [-0.2, 0) is 16.6 Å². The third kappa shape index (κ3) is 4.29. The third-order valence-electron chi connectivity index (χ3n) is 5.20. The molecule has 31 heavy (non-hydrogen) atoms. The quantitative estimate of drug-likeness (QED) is 0.617. The van der Waals surface area contributed by atoms with Crippen molar-refractivity contribution < 1.29 is 17.2 Å². The summed E-state index contributed by atoms with van der Waals surface area (Å²) in [5, 5.41) is 2.94. The van der Waals surface area contributed by atoms with Crippen molar-refractivity contribution in [1.29, 1.82) is 0 Å². The number of anilines is 1. The molecule has 5 nitrogen and oxygen atoms in total. The Kier molecular flexibility index (Phi) is 5.49. The van der Waals surface area contributed by atoms with Crippen molar-refractivity contribution in [3.63, 3.8) is 0 Å². The van der Waals surface area contributed by atoms with Gasteiger partial charge in [-0.2, -0.15) is 0 Å². The fraction of sp³-hybridized carbons (Fsp3) is 0.174. The predicted molar refractivity (Wildman–Crippen MR) is 117 cm³/mol. The first kappa shape index (κ1) is 21.0. The smallest absolute Gasteiger partial charge is 0.266 e. The molecule has 0 spiro atoms. The Morgan fingerprint density at radius 1 is 1.03 bits per heavy atom. The van der Waals surface area contributed by atoms with Gasteiger partial charge >= 0.3 is 0 Å². The minimum absolute atomic E-state index is 0.0416. The Hall–Kier alpha value is -3.26. The minimum atomic E-state index is -3.95. The lowest BCUT2D eigenvalue weighted by Gasteiger charge is -2.26. The lowest BCUT2D eigenvalue weighted by molar-refractivity contribution is 0.586. The summed E-state index contributed by atoms with van der Waals surface area (Å²) < 4.78 is 56.3.